The summed E-state index contributed by atoms with van der Waals surface area (Å²) in [5.41, 5.74) is 3.56. The Bertz CT molecular complexity index is 917. The van der Waals surface area contributed by atoms with Gasteiger partial charge >= 0.3 is 0 Å². The maximum Gasteiger partial charge on any atom is 0.259 e. The van der Waals surface area contributed by atoms with E-state index in [0.717, 1.165) is 23.4 Å². The van der Waals surface area contributed by atoms with Gasteiger partial charge in [-0.1, -0.05) is 25.1 Å². The number of hydrogen-bond donors (Lipinski definition) is 1. The van der Waals surface area contributed by atoms with Gasteiger partial charge in [-0.15, -0.1) is 0 Å². The molecule has 0 saturated carbocycles. The molecule has 130 valence electrons. The lowest BCUT2D eigenvalue weighted by Crippen LogP contribution is -2.31. The van der Waals surface area contributed by atoms with E-state index < -0.39 is 0 Å². The zero-order chi connectivity index (χ0) is 18.0. The van der Waals surface area contributed by atoms with E-state index in [9.17, 15) is 9.90 Å². The normalized spacial score (nSPS) is 11.0. The number of benzene rings is 1. The molecule has 6 heteroatoms. The zero-order valence-electron chi connectivity index (χ0n) is 14.7. The molecule has 2 heterocycles. The number of phenolic OH excluding ortho intramolecular Hbond substituents is 1. The topological polar surface area (TPSA) is 70.7 Å². The van der Waals surface area contributed by atoms with Gasteiger partial charge in [0.1, 0.15) is 11.3 Å². The molecule has 0 fully saturated rings. The average molecular weight is 338 g/mol. The van der Waals surface area contributed by atoms with Crippen molar-refractivity contribution in [3.8, 4) is 5.75 Å². The lowest BCUT2D eigenvalue weighted by atomic mass is 10.1. The molecule has 0 spiro atoms. The molecule has 1 aromatic carbocycles. The second kappa shape index (κ2) is 6.93. The van der Waals surface area contributed by atoms with E-state index in [0.29, 0.717) is 24.3 Å². The van der Waals surface area contributed by atoms with E-state index in [1.165, 1.54) is 0 Å². The highest BCUT2D eigenvalue weighted by Gasteiger charge is 2.22. The van der Waals surface area contributed by atoms with E-state index in [1.807, 2.05) is 39.0 Å². The molecular weight excluding hydrogens is 316 g/mol. The first-order chi connectivity index (χ1) is 12.0. The highest BCUT2D eigenvalue weighted by molar-refractivity contribution is 5.99. The molecule has 0 aliphatic rings. The van der Waals surface area contributed by atoms with Gasteiger partial charge in [0, 0.05) is 30.0 Å². The Hall–Kier alpha value is -2.89. The number of carbonyl (C=O) groups excluding carboxylic acids is 1. The zero-order valence-corrected chi connectivity index (χ0v) is 14.7. The fraction of sp³-hybridized carbons (Fsp3) is 0.316. The van der Waals surface area contributed by atoms with Crippen molar-refractivity contribution in [3.05, 3.63) is 59.0 Å². The molecule has 6 nitrogen and oxygen atoms in total. The molecule has 25 heavy (non-hydrogen) atoms. The fourth-order valence-corrected chi connectivity index (χ4v) is 2.96. The Morgan fingerprint density at radius 3 is 2.76 bits per heavy atom. The summed E-state index contributed by atoms with van der Waals surface area (Å²) < 4.78 is 1.68. The number of aromatic nitrogens is 3. The van der Waals surface area contributed by atoms with Gasteiger partial charge in [0.05, 0.1) is 6.20 Å². The summed E-state index contributed by atoms with van der Waals surface area (Å²) >= 11 is 0. The molecule has 2 aromatic heterocycles. The van der Waals surface area contributed by atoms with Crippen molar-refractivity contribution in [1.82, 2.24) is 19.5 Å². The van der Waals surface area contributed by atoms with Crippen LogP contribution in [0.25, 0.3) is 5.65 Å². The molecule has 3 rings (SSSR count). The summed E-state index contributed by atoms with van der Waals surface area (Å²) in [5.74, 6) is 0.0682. The largest absolute Gasteiger partial charge is 0.508 e. The van der Waals surface area contributed by atoms with Gasteiger partial charge in [-0.3, -0.25) is 4.79 Å². The highest BCUT2D eigenvalue weighted by atomic mass is 16.3. The maximum atomic E-state index is 13.1. The van der Waals surface area contributed by atoms with Gasteiger partial charge in [0.2, 0.25) is 0 Å². The number of carbonyl (C=O) groups is 1. The third-order valence-electron chi connectivity index (χ3n) is 4.14. The Balaban J connectivity index is 1.97. The molecule has 1 N–H and O–H groups in total. The average Bonchev–Trinajstić information content (AvgIpc) is 2.99. The Morgan fingerprint density at radius 1 is 1.28 bits per heavy atom. The Morgan fingerprint density at radius 2 is 2.04 bits per heavy atom. The van der Waals surface area contributed by atoms with Crippen molar-refractivity contribution in [2.45, 2.75) is 33.7 Å². The van der Waals surface area contributed by atoms with Crippen LogP contribution in [0, 0.1) is 13.8 Å². The quantitative estimate of drug-likeness (QED) is 0.776. The van der Waals surface area contributed by atoms with Crippen molar-refractivity contribution in [1.29, 1.82) is 0 Å². The summed E-state index contributed by atoms with van der Waals surface area (Å²) in [5, 5.41) is 14.3. The standard InChI is InChI=1S/C19H22N4O2/c1-4-9-22(12-15-7-5-6-8-17(15)24)19(25)16-11-20-23-14(3)10-13(2)21-18(16)23/h5-8,10-11,24H,4,9,12H2,1-3H3. The third kappa shape index (κ3) is 3.33. The SMILES string of the molecule is CCCN(Cc1ccccc1O)C(=O)c1cnn2c(C)cc(C)nc12. The fourth-order valence-electron chi connectivity index (χ4n) is 2.96. The lowest BCUT2D eigenvalue weighted by Gasteiger charge is -2.22. The Kier molecular flexibility index (Phi) is 4.70. The van der Waals surface area contributed by atoms with Crippen molar-refractivity contribution < 1.29 is 9.90 Å². The first-order valence-corrected chi connectivity index (χ1v) is 8.39. The minimum Gasteiger partial charge on any atom is -0.508 e. The maximum absolute atomic E-state index is 13.1. The molecule has 0 atom stereocenters. The summed E-state index contributed by atoms with van der Waals surface area (Å²) in [6.45, 7) is 6.80. The van der Waals surface area contributed by atoms with Crippen LogP contribution in [0.4, 0.5) is 0 Å². The van der Waals surface area contributed by atoms with Crippen molar-refractivity contribution in [3.63, 3.8) is 0 Å². The second-order valence-corrected chi connectivity index (χ2v) is 6.19. The number of hydrogen-bond acceptors (Lipinski definition) is 4. The molecule has 0 bridgehead atoms. The van der Waals surface area contributed by atoms with Crippen molar-refractivity contribution in [2.24, 2.45) is 0 Å². The molecular formula is C19H22N4O2. The third-order valence-corrected chi connectivity index (χ3v) is 4.14. The minimum atomic E-state index is -0.127. The number of nitrogens with zero attached hydrogens (tertiary/aromatic N) is 4. The second-order valence-electron chi connectivity index (χ2n) is 6.19. The molecule has 0 aliphatic heterocycles. The van der Waals surface area contributed by atoms with Crippen LogP contribution in [-0.4, -0.2) is 37.1 Å². The van der Waals surface area contributed by atoms with Crippen LogP contribution < -0.4 is 0 Å². The van der Waals surface area contributed by atoms with Crippen LogP contribution in [0.1, 0.15) is 40.7 Å². The lowest BCUT2D eigenvalue weighted by molar-refractivity contribution is 0.0744. The molecule has 0 saturated heterocycles. The number of aryl methyl sites for hydroxylation is 2. The predicted octanol–water partition coefficient (Wildman–Crippen LogP) is 3.10. The van der Waals surface area contributed by atoms with E-state index in [1.54, 1.807) is 27.7 Å². The van der Waals surface area contributed by atoms with E-state index >= 15 is 0 Å². The van der Waals surface area contributed by atoms with Crippen LogP contribution in [0.3, 0.4) is 0 Å². The van der Waals surface area contributed by atoms with Crippen molar-refractivity contribution in [2.75, 3.05) is 6.54 Å². The monoisotopic (exact) mass is 338 g/mol. The van der Waals surface area contributed by atoms with Gasteiger partial charge in [-0.25, -0.2) is 9.50 Å². The minimum absolute atomic E-state index is 0.127. The van der Waals surface area contributed by atoms with Gasteiger partial charge in [-0.05, 0) is 32.4 Å². The van der Waals surface area contributed by atoms with Gasteiger partial charge < -0.3 is 10.0 Å². The van der Waals surface area contributed by atoms with Gasteiger partial charge in [-0.2, -0.15) is 5.10 Å². The predicted molar refractivity (Wildman–Crippen MR) is 95.6 cm³/mol. The van der Waals surface area contributed by atoms with Gasteiger partial charge in [0.25, 0.3) is 5.91 Å². The summed E-state index contributed by atoms with van der Waals surface area (Å²) in [6, 6.07) is 9.01. The molecule has 0 radical (unpaired) electrons. The molecule has 0 aliphatic carbocycles. The first kappa shape index (κ1) is 17.0. The molecule has 1 amide bonds. The van der Waals surface area contributed by atoms with Crippen molar-refractivity contribution >= 4 is 11.6 Å². The van der Waals surface area contributed by atoms with E-state index in [4.69, 9.17) is 0 Å². The smallest absolute Gasteiger partial charge is 0.259 e. The number of amides is 1. The number of para-hydroxylation sites is 1. The van der Waals surface area contributed by atoms with Crippen LogP contribution in [0.5, 0.6) is 5.75 Å². The molecule has 0 unspecified atom stereocenters. The summed E-state index contributed by atoms with van der Waals surface area (Å²) in [4.78, 5) is 19.3. The van der Waals surface area contributed by atoms with Crippen LogP contribution in [0.2, 0.25) is 0 Å². The summed E-state index contributed by atoms with van der Waals surface area (Å²) in [7, 11) is 0. The number of fused-ring (bicyclic) bond motifs is 1. The summed E-state index contributed by atoms with van der Waals surface area (Å²) in [6.07, 6.45) is 2.40. The van der Waals surface area contributed by atoms with E-state index in [2.05, 4.69) is 10.1 Å². The Labute approximate surface area is 146 Å². The highest BCUT2D eigenvalue weighted by Crippen LogP contribution is 2.20. The van der Waals surface area contributed by atoms with Gasteiger partial charge in [0.15, 0.2) is 5.65 Å². The number of aromatic hydroxyl groups is 1. The van der Waals surface area contributed by atoms with Crippen LogP contribution >= 0.6 is 0 Å². The number of rotatable bonds is 5. The van der Waals surface area contributed by atoms with Crippen LogP contribution in [0.15, 0.2) is 36.5 Å². The van der Waals surface area contributed by atoms with E-state index in [-0.39, 0.29) is 11.7 Å². The first-order valence-electron chi connectivity index (χ1n) is 8.39. The number of phenols is 1. The molecule has 3 aromatic rings. The van der Waals surface area contributed by atoms with Crippen LogP contribution in [-0.2, 0) is 6.54 Å².